The number of rotatable bonds is 10. The van der Waals surface area contributed by atoms with Crippen LogP contribution in [0.5, 0.6) is 0 Å². The number of ether oxygens (including phenoxy) is 2. The van der Waals surface area contributed by atoms with E-state index in [-0.39, 0.29) is 35.8 Å². The minimum Gasteiger partial charge on any atom is -0.348 e. The maximum Gasteiger partial charge on any atom is 0.229 e. The van der Waals surface area contributed by atoms with Gasteiger partial charge in [0.15, 0.2) is 15.6 Å². The number of hydrogen-bond acceptors (Lipinski definition) is 5. The lowest BCUT2D eigenvalue weighted by Crippen LogP contribution is -2.56. The second-order valence-corrected chi connectivity index (χ2v) is 16.1. The molecule has 0 aliphatic carbocycles. The fourth-order valence-corrected chi connectivity index (χ4v) is 7.81. The first-order valence-corrected chi connectivity index (χ1v) is 17.0. The van der Waals surface area contributed by atoms with Crippen LogP contribution in [-0.4, -0.2) is 54.8 Å². The average molecular weight is 625 g/mol. The van der Waals surface area contributed by atoms with Crippen molar-refractivity contribution in [3.05, 3.63) is 69.7 Å². The van der Waals surface area contributed by atoms with Crippen LogP contribution >= 0.6 is 23.2 Å². The van der Waals surface area contributed by atoms with E-state index in [2.05, 4.69) is 6.07 Å². The van der Waals surface area contributed by atoms with Crippen molar-refractivity contribution in [1.82, 2.24) is 4.90 Å². The smallest absolute Gasteiger partial charge is 0.229 e. The number of benzene rings is 2. The van der Waals surface area contributed by atoms with Gasteiger partial charge >= 0.3 is 0 Å². The van der Waals surface area contributed by atoms with E-state index in [0.717, 1.165) is 11.1 Å². The largest absolute Gasteiger partial charge is 0.348 e. The first-order valence-electron chi connectivity index (χ1n) is 14.5. The number of piperidine rings is 1. The lowest BCUT2D eigenvalue weighted by Gasteiger charge is -2.52. The third-order valence-electron chi connectivity index (χ3n) is 8.65. The molecule has 1 amide bonds. The van der Waals surface area contributed by atoms with Crippen molar-refractivity contribution in [3.8, 4) is 0 Å². The number of carbonyl (C=O) groups is 1. The molecule has 5 atom stereocenters. The van der Waals surface area contributed by atoms with Crippen LogP contribution in [-0.2, 0) is 24.1 Å². The lowest BCUT2D eigenvalue weighted by atomic mass is 9.66. The Labute approximate surface area is 255 Å². The predicted molar refractivity (Wildman–Crippen MR) is 165 cm³/mol. The Kier molecular flexibility index (Phi) is 9.87. The summed E-state index contributed by atoms with van der Waals surface area (Å²) in [6.07, 6.45) is 1.83. The summed E-state index contributed by atoms with van der Waals surface area (Å²) in [5.41, 5.74) is 1.23. The van der Waals surface area contributed by atoms with Crippen molar-refractivity contribution in [2.24, 2.45) is 5.41 Å². The highest BCUT2D eigenvalue weighted by Crippen LogP contribution is 2.53. The summed E-state index contributed by atoms with van der Waals surface area (Å²) in [6, 6.07) is 14.9. The Morgan fingerprint density at radius 2 is 1.71 bits per heavy atom. The molecule has 1 unspecified atom stereocenters. The van der Waals surface area contributed by atoms with Gasteiger partial charge in [-0.1, -0.05) is 61.3 Å². The third-order valence-corrected chi connectivity index (χ3v) is 11.4. The summed E-state index contributed by atoms with van der Waals surface area (Å²) >= 11 is 12.8. The monoisotopic (exact) mass is 623 g/mol. The number of likely N-dealkylation sites (tertiary alicyclic amines) is 1. The Morgan fingerprint density at radius 3 is 2.27 bits per heavy atom. The predicted octanol–water partition coefficient (Wildman–Crippen LogP) is 7.59. The van der Waals surface area contributed by atoms with Gasteiger partial charge in [0.1, 0.15) is 0 Å². The molecule has 2 aliphatic rings. The van der Waals surface area contributed by atoms with Crippen molar-refractivity contribution < 1.29 is 22.7 Å². The first-order chi connectivity index (χ1) is 19.2. The fraction of sp³-hybridized carbons (Fsp3) is 0.594. The minimum absolute atomic E-state index is 0.0119. The van der Waals surface area contributed by atoms with E-state index >= 15 is 0 Å². The zero-order chi connectivity index (χ0) is 30.2. The van der Waals surface area contributed by atoms with Crippen LogP contribution in [0, 0.1) is 5.41 Å². The number of amides is 1. The van der Waals surface area contributed by atoms with Gasteiger partial charge in [-0.25, -0.2) is 8.42 Å². The standard InChI is InChI=1S/C32H43Cl2NO5S/c1-7-26(15-16-41(37,38)21(2)3)35-29(22-11-13-24(33)14-12-22)28(23-9-8-10-25(34)17-23)19-32(6,30(35)36)18-27-20-39-31(4,5)40-27/h8-14,17,21,26-29H,7,15-16,18-20H2,1-6H3/t26-,27+,28+,29?,32-/m0/s1. The van der Waals surface area contributed by atoms with Gasteiger partial charge in [0.25, 0.3) is 0 Å². The molecule has 226 valence electrons. The molecule has 2 aromatic carbocycles. The van der Waals surface area contributed by atoms with E-state index in [0.29, 0.717) is 42.3 Å². The molecule has 2 saturated heterocycles. The van der Waals surface area contributed by atoms with Crippen molar-refractivity contribution >= 4 is 38.9 Å². The van der Waals surface area contributed by atoms with E-state index in [9.17, 15) is 13.2 Å². The molecule has 0 N–H and O–H groups in total. The Morgan fingerprint density at radius 1 is 1.02 bits per heavy atom. The zero-order valence-electron chi connectivity index (χ0n) is 24.9. The number of halogens is 2. The SMILES string of the molecule is CC[C@@H](CCS(=O)(=O)C(C)C)N1C(=O)[C@@](C)(C[C@@H]2COC(C)(C)O2)C[C@H](c2cccc(Cl)c2)C1c1ccc(Cl)cc1. The van der Waals surface area contributed by atoms with Gasteiger partial charge in [-0.05, 0) is 88.8 Å². The van der Waals surface area contributed by atoms with Crippen LogP contribution in [0.2, 0.25) is 10.0 Å². The topological polar surface area (TPSA) is 72.9 Å². The average Bonchev–Trinajstić information content (AvgIpc) is 3.24. The summed E-state index contributed by atoms with van der Waals surface area (Å²) in [5.74, 6) is -0.762. The first kappa shape index (κ1) is 32.3. The van der Waals surface area contributed by atoms with E-state index in [1.54, 1.807) is 13.8 Å². The van der Waals surface area contributed by atoms with Gasteiger partial charge in [0.2, 0.25) is 5.91 Å². The van der Waals surface area contributed by atoms with E-state index < -0.39 is 26.3 Å². The van der Waals surface area contributed by atoms with Crippen molar-refractivity contribution in [2.75, 3.05) is 12.4 Å². The van der Waals surface area contributed by atoms with E-state index in [1.165, 1.54) is 0 Å². The minimum atomic E-state index is -3.29. The highest BCUT2D eigenvalue weighted by atomic mass is 35.5. The molecule has 9 heteroatoms. The molecule has 4 rings (SSSR count). The Balaban J connectivity index is 1.83. The molecule has 2 aliphatic heterocycles. The van der Waals surface area contributed by atoms with Gasteiger partial charge < -0.3 is 14.4 Å². The second-order valence-electron chi connectivity index (χ2n) is 12.6. The molecule has 2 aromatic rings. The van der Waals surface area contributed by atoms with Crippen LogP contribution < -0.4 is 0 Å². The molecule has 0 bridgehead atoms. The molecule has 41 heavy (non-hydrogen) atoms. The van der Waals surface area contributed by atoms with Gasteiger partial charge in [-0.15, -0.1) is 0 Å². The molecule has 2 fully saturated rings. The van der Waals surface area contributed by atoms with Crippen molar-refractivity contribution in [1.29, 1.82) is 0 Å². The number of carbonyl (C=O) groups excluding carboxylic acids is 1. The van der Waals surface area contributed by atoms with E-state index in [1.807, 2.05) is 75.1 Å². The maximum absolute atomic E-state index is 14.8. The van der Waals surface area contributed by atoms with Gasteiger partial charge in [-0.3, -0.25) is 4.79 Å². The van der Waals surface area contributed by atoms with Crippen LogP contribution in [0.1, 0.15) is 90.3 Å². The highest BCUT2D eigenvalue weighted by molar-refractivity contribution is 7.91. The van der Waals surface area contributed by atoms with Gasteiger partial charge in [0.05, 0.1) is 29.8 Å². The van der Waals surface area contributed by atoms with Crippen LogP contribution in [0.25, 0.3) is 0 Å². The number of hydrogen-bond donors (Lipinski definition) is 0. The Bertz CT molecular complexity index is 1330. The maximum atomic E-state index is 14.8. The van der Waals surface area contributed by atoms with E-state index in [4.69, 9.17) is 32.7 Å². The summed E-state index contributed by atoms with van der Waals surface area (Å²) in [5, 5.41) is 0.769. The molecule has 0 radical (unpaired) electrons. The normalized spacial score (nSPS) is 27.4. The summed E-state index contributed by atoms with van der Waals surface area (Å²) in [4.78, 5) is 16.8. The molecule has 6 nitrogen and oxygen atoms in total. The summed E-state index contributed by atoms with van der Waals surface area (Å²) in [6.45, 7) is 11.6. The van der Waals surface area contributed by atoms with Gasteiger partial charge in [-0.2, -0.15) is 0 Å². The Hall–Kier alpha value is -1.64. The van der Waals surface area contributed by atoms with Crippen LogP contribution in [0.15, 0.2) is 48.5 Å². The fourth-order valence-electron chi connectivity index (χ4n) is 6.41. The zero-order valence-corrected chi connectivity index (χ0v) is 27.2. The van der Waals surface area contributed by atoms with Gasteiger partial charge in [0, 0.05) is 27.4 Å². The molecule has 0 saturated carbocycles. The quantitative estimate of drug-likeness (QED) is 0.272. The van der Waals surface area contributed by atoms with Crippen LogP contribution in [0.3, 0.4) is 0 Å². The van der Waals surface area contributed by atoms with Crippen LogP contribution in [0.4, 0.5) is 0 Å². The summed E-state index contributed by atoms with van der Waals surface area (Å²) in [7, 11) is -3.29. The van der Waals surface area contributed by atoms with Crippen molar-refractivity contribution in [2.45, 2.75) is 102 Å². The molecule has 0 aromatic heterocycles. The molecular formula is C32H43Cl2NO5S. The number of nitrogens with zero attached hydrogens (tertiary/aromatic N) is 1. The molecule has 2 heterocycles. The second kappa shape index (κ2) is 12.5. The van der Waals surface area contributed by atoms with Crippen molar-refractivity contribution in [3.63, 3.8) is 0 Å². The lowest BCUT2D eigenvalue weighted by molar-refractivity contribution is -0.163. The molecule has 0 spiro atoms. The highest BCUT2D eigenvalue weighted by Gasteiger charge is 2.53. The molecular weight excluding hydrogens is 581 g/mol. The third kappa shape index (κ3) is 7.30. The summed E-state index contributed by atoms with van der Waals surface area (Å²) < 4.78 is 37.8. The number of sulfone groups is 1.